The summed E-state index contributed by atoms with van der Waals surface area (Å²) in [6, 6.07) is 7.53. The maximum atomic E-state index is 12.7. The Labute approximate surface area is 155 Å². The molecular weight excluding hydrogens is 332 g/mol. The SMILES string of the molecule is CC(C)(C)OC(=O)N1CCN(C(=O)OC(C)(C)C)C2c3ccccc3C21. The molecule has 2 aliphatic rings. The Morgan fingerprint density at radius 1 is 0.808 bits per heavy atom. The molecule has 1 heterocycles. The molecule has 0 aromatic heterocycles. The lowest BCUT2D eigenvalue weighted by molar-refractivity contribution is -0.0452. The molecule has 1 aromatic rings. The molecule has 0 spiro atoms. The Kier molecular flexibility index (Phi) is 4.41. The highest BCUT2D eigenvalue weighted by Gasteiger charge is 2.52. The molecule has 6 heteroatoms. The molecule has 0 bridgehead atoms. The van der Waals surface area contributed by atoms with Crippen molar-refractivity contribution in [1.82, 2.24) is 9.80 Å². The predicted molar refractivity (Wildman–Crippen MR) is 97.8 cm³/mol. The average molecular weight is 360 g/mol. The van der Waals surface area contributed by atoms with Gasteiger partial charge in [0.15, 0.2) is 0 Å². The number of carbonyl (C=O) groups is 2. The number of fused-ring (bicyclic) bond motifs is 4. The van der Waals surface area contributed by atoms with Crippen LogP contribution in [-0.2, 0) is 9.47 Å². The Balaban J connectivity index is 1.87. The Bertz CT molecular complexity index is 656. The summed E-state index contributed by atoms with van der Waals surface area (Å²) in [7, 11) is 0. The third-order valence-corrected chi connectivity index (χ3v) is 4.44. The molecular formula is C20H28N2O4. The molecule has 6 nitrogen and oxygen atoms in total. The van der Waals surface area contributed by atoms with Gasteiger partial charge in [0.25, 0.3) is 0 Å². The zero-order chi connectivity index (χ0) is 19.3. The summed E-state index contributed by atoms with van der Waals surface area (Å²) >= 11 is 0. The van der Waals surface area contributed by atoms with Gasteiger partial charge in [0.05, 0.1) is 12.1 Å². The standard InChI is InChI=1S/C20H28N2O4/c1-19(2,3)25-17(23)21-11-12-22(18(24)26-20(4,5)6)16-14-10-8-7-9-13(14)15(16)21/h7-10,15-16H,11-12H2,1-6H3. The average Bonchev–Trinajstić information content (AvgIpc) is 2.47. The molecule has 1 aliphatic carbocycles. The first-order valence-electron chi connectivity index (χ1n) is 9.06. The van der Waals surface area contributed by atoms with Crippen LogP contribution in [-0.4, -0.2) is 46.3 Å². The van der Waals surface area contributed by atoms with Crippen molar-refractivity contribution in [2.24, 2.45) is 0 Å². The van der Waals surface area contributed by atoms with Gasteiger partial charge in [0.2, 0.25) is 0 Å². The second kappa shape index (κ2) is 6.18. The number of carbonyl (C=O) groups excluding carboxylic acids is 2. The van der Waals surface area contributed by atoms with Crippen molar-refractivity contribution in [3.63, 3.8) is 0 Å². The van der Waals surface area contributed by atoms with Crippen LogP contribution in [0, 0.1) is 0 Å². The molecule has 1 aliphatic heterocycles. The highest BCUT2D eigenvalue weighted by Crippen LogP contribution is 2.52. The Morgan fingerprint density at radius 3 is 1.46 bits per heavy atom. The van der Waals surface area contributed by atoms with E-state index in [1.807, 2.05) is 65.8 Å². The number of piperazine rings is 1. The van der Waals surface area contributed by atoms with E-state index in [1.54, 1.807) is 9.80 Å². The lowest BCUT2D eigenvalue weighted by Gasteiger charge is -2.54. The van der Waals surface area contributed by atoms with Gasteiger partial charge >= 0.3 is 12.2 Å². The molecule has 2 atom stereocenters. The zero-order valence-electron chi connectivity index (χ0n) is 16.4. The summed E-state index contributed by atoms with van der Waals surface area (Å²) < 4.78 is 11.1. The normalized spacial score (nSPS) is 22.1. The fourth-order valence-corrected chi connectivity index (χ4v) is 3.51. The van der Waals surface area contributed by atoms with Crippen LogP contribution in [0.5, 0.6) is 0 Å². The van der Waals surface area contributed by atoms with Crippen molar-refractivity contribution in [2.75, 3.05) is 13.1 Å². The lowest BCUT2D eigenvalue weighted by atomic mass is 9.75. The number of amides is 2. The van der Waals surface area contributed by atoms with Crippen molar-refractivity contribution in [3.8, 4) is 0 Å². The van der Waals surface area contributed by atoms with Crippen molar-refractivity contribution in [1.29, 1.82) is 0 Å². The monoisotopic (exact) mass is 360 g/mol. The molecule has 0 radical (unpaired) electrons. The van der Waals surface area contributed by atoms with Crippen LogP contribution in [0.2, 0.25) is 0 Å². The molecule has 2 unspecified atom stereocenters. The molecule has 3 rings (SSSR count). The summed E-state index contributed by atoms with van der Waals surface area (Å²) in [5, 5.41) is 0. The van der Waals surface area contributed by atoms with Gasteiger partial charge in [-0.05, 0) is 52.7 Å². The molecule has 26 heavy (non-hydrogen) atoms. The van der Waals surface area contributed by atoms with Gasteiger partial charge in [-0.25, -0.2) is 9.59 Å². The second-order valence-electron chi connectivity index (χ2n) is 8.87. The van der Waals surface area contributed by atoms with Crippen molar-refractivity contribution in [2.45, 2.75) is 64.8 Å². The van der Waals surface area contributed by atoms with E-state index in [0.29, 0.717) is 13.1 Å². The lowest BCUT2D eigenvalue weighted by Crippen LogP contribution is -2.59. The molecule has 0 N–H and O–H groups in total. The van der Waals surface area contributed by atoms with Gasteiger partial charge in [-0.1, -0.05) is 24.3 Å². The van der Waals surface area contributed by atoms with Crippen molar-refractivity contribution >= 4 is 12.2 Å². The third-order valence-electron chi connectivity index (χ3n) is 4.44. The largest absolute Gasteiger partial charge is 0.444 e. The van der Waals surface area contributed by atoms with E-state index in [0.717, 1.165) is 11.1 Å². The number of hydrogen-bond donors (Lipinski definition) is 0. The van der Waals surface area contributed by atoms with Gasteiger partial charge < -0.3 is 9.47 Å². The van der Waals surface area contributed by atoms with Crippen LogP contribution in [0.25, 0.3) is 0 Å². The predicted octanol–water partition coefficient (Wildman–Crippen LogP) is 4.27. The summed E-state index contributed by atoms with van der Waals surface area (Å²) in [4.78, 5) is 28.8. The van der Waals surface area contributed by atoms with Crippen LogP contribution in [0.1, 0.15) is 64.8 Å². The van der Waals surface area contributed by atoms with E-state index in [2.05, 4.69) is 0 Å². The van der Waals surface area contributed by atoms with Gasteiger partial charge in [-0.15, -0.1) is 0 Å². The van der Waals surface area contributed by atoms with Crippen molar-refractivity contribution < 1.29 is 19.1 Å². The first-order chi connectivity index (χ1) is 12.0. The van der Waals surface area contributed by atoms with E-state index in [9.17, 15) is 9.59 Å². The highest BCUT2D eigenvalue weighted by atomic mass is 16.6. The van der Waals surface area contributed by atoms with Crippen LogP contribution in [0.4, 0.5) is 9.59 Å². The summed E-state index contributed by atoms with van der Waals surface area (Å²) in [5.74, 6) is 0. The smallest absolute Gasteiger partial charge is 0.410 e. The quantitative estimate of drug-likeness (QED) is 0.693. The van der Waals surface area contributed by atoms with Crippen molar-refractivity contribution in [3.05, 3.63) is 35.4 Å². The van der Waals surface area contributed by atoms with E-state index < -0.39 is 11.2 Å². The number of ether oxygens (including phenoxy) is 2. The minimum absolute atomic E-state index is 0.192. The van der Waals surface area contributed by atoms with E-state index in [1.165, 1.54) is 0 Å². The summed E-state index contributed by atoms with van der Waals surface area (Å²) in [5.41, 5.74) is 1.02. The van der Waals surface area contributed by atoms with E-state index >= 15 is 0 Å². The number of hydrogen-bond acceptors (Lipinski definition) is 4. The summed E-state index contributed by atoms with van der Waals surface area (Å²) in [6.45, 7) is 12.0. The maximum Gasteiger partial charge on any atom is 0.410 e. The zero-order valence-corrected chi connectivity index (χ0v) is 16.4. The van der Waals surface area contributed by atoms with Gasteiger partial charge in [-0.3, -0.25) is 9.80 Å². The number of rotatable bonds is 0. The minimum Gasteiger partial charge on any atom is -0.444 e. The molecule has 1 aromatic carbocycles. The Morgan fingerprint density at radius 2 is 1.15 bits per heavy atom. The fraction of sp³-hybridized carbons (Fsp3) is 0.600. The molecule has 1 fully saturated rings. The van der Waals surface area contributed by atoms with Crippen LogP contribution in [0.3, 0.4) is 0 Å². The van der Waals surface area contributed by atoms with E-state index in [4.69, 9.17) is 9.47 Å². The highest BCUT2D eigenvalue weighted by molar-refractivity contribution is 5.74. The first kappa shape index (κ1) is 18.5. The molecule has 142 valence electrons. The minimum atomic E-state index is -0.557. The molecule has 2 amide bonds. The van der Waals surface area contributed by atoms with Gasteiger partial charge in [0.1, 0.15) is 11.2 Å². The molecule has 0 saturated carbocycles. The Hall–Kier alpha value is -2.24. The number of benzene rings is 1. The fourth-order valence-electron chi connectivity index (χ4n) is 3.51. The van der Waals surface area contributed by atoms with Crippen LogP contribution < -0.4 is 0 Å². The third kappa shape index (κ3) is 3.50. The van der Waals surface area contributed by atoms with E-state index in [-0.39, 0.29) is 24.3 Å². The van der Waals surface area contributed by atoms with Crippen LogP contribution in [0.15, 0.2) is 24.3 Å². The van der Waals surface area contributed by atoms with Crippen LogP contribution >= 0.6 is 0 Å². The second-order valence-corrected chi connectivity index (χ2v) is 8.87. The molecule has 1 saturated heterocycles. The summed E-state index contributed by atoms with van der Waals surface area (Å²) in [6.07, 6.45) is -0.684. The number of nitrogens with zero attached hydrogens (tertiary/aromatic N) is 2. The van der Waals surface area contributed by atoms with Gasteiger partial charge in [-0.2, -0.15) is 0 Å². The van der Waals surface area contributed by atoms with Gasteiger partial charge in [0, 0.05) is 13.1 Å². The maximum absolute atomic E-state index is 12.7. The topological polar surface area (TPSA) is 59.1 Å². The first-order valence-corrected chi connectivity index (χ1v) is 9.06.